The minimum atomic E-state index is 0.994. The summed E-state index contributed by atoms with van der Waals surface area (Å²) in [7, 11) is 0. The molecule has 0 aliphatic carbocycles. The Morgan fingerprint density at radius 3 is 2.17 bits per heavy atom. The summed E-state index contributed by atoms with van der Waals surface area (Å²) < 4.78 is 0. The van der Waals surface area contributed by atoms with E-state index in [9.17, 15) is 0 Å². The average Bonchev–Trinajstić information content (AvgIpc) is 2.46. The van der Waals surface area contributed by atoms with Crippen molar-refractivity contribution in [2.75, 3.05) is 0 Å². The summed E-state index contributed by atoms with van der Waals surface area (Å²) in [6.07, 6.45) is 3.01. The summed E-state index contributed by atoms with van der Waals surface area (Å²) in [4.78, 5) is 0. The van der Waals surface area contributed by atoms with Crippen LogP contribution in [0.4, 0.5) is 0 Å². The average molecular weight is 232 g/mol. The summed E-state index contributed by atoms with van der Waals surface area (Å²) in [5.41, 5.74) is 3.58. The highest BCUT2D eigenvalue weighted by Gasteiger charge is 1.95. The van der Waals surface area contributed by atoms with E-state index in [-0.39, 0.29) is 0 Å². The first-order chi connectivity index (χ1) is 8.90. The molecule has 0 spiro atoms. The number of hydrogen-bond acceptors (Lipinski definition) is 0. The van der Waals surface area contributed by atoms with Crippen LogP contribution in [0.1, 0.15) is 24.5 Å². The number of rotatable bonds is 2. The molecule has 0 unspecified atom stereocenters. The van der Waals surface area contributed by atoms with E-state index in [4.69, 9.17) is 0 Å². The zero-order chi connectivity index (χ0) is 12.6. The molecule has 0 saturated carbocycles. The smallest absolute Gasteiger partial charge is 0.0248 e. The van der Waals surface area contributed by atoms with Gasteiger partial charge in [-0.3, -0.25) is 0 Å². The second-order valence-electron chi connectivity index (χ2n) is 4.02. The van der Waals surface area contributed by atoms with E-state index in [2.05, 4.69) is 43.0 Å². The molecule has 2 aromatic rings. The van der Waals surface area contributed by atoms with Gasteiger partial charge in [-0.15, -0.1) is 0 Å². The van der Waals surface area contributed by atoms with Crippen molar-refractivity contribution in [1.82, 2.24) is 0 Å². The highest BCUT2D eigenvalue weighted by Crippen LogP contribution is 2.16. The summed E-state index contributed by atoms with van der Waals surface area (Å²) in [6.45, 7) is 2.16. The van der Waals surface area contributed by atoms with Crippen LogP contribution < -0.4 is 0 Å². The third-order valence-corrected chi connectivity index (χ3v) is 2.76. The van der Waals surface area contributed by atoms with Gasteiger partial charge in [0.25, 0.3) is 0 Å². The highest BCUT2D eigenvalue weighted by molar-refractivity contribution is 5.68. The first-order valence-electron chi connectivity index (χ1n) is 6.21. The van der Waals surface area contributed by atoms with Crippen LogP contribution in [0, 0.1) is 11.8 Å². The molecule has 0 heterocycles. The molecule has 0 aliphatic rings. The lowest BCUT2D eigenvalue weighted by Gasteiger charge is -2.01. The van der Waals surface area contributed by atoms with Crippen molar-refractivity contribution < 1.29 is 0 Å². The molecule has 0 fully saturated rings. The van der Waals surface area contributed by atoms with E-state index in [1.54, 1.807) is 0 Å². The lowest BCUT2D eigenvalue weighted by molar-refractivity contribution is 1.24. The fourth-order valence-corrected chi connectivity index (χ4v) is 1.77. The van der Waals surface area contributed by atoms with Crippen LogP contribution >= 0.6 is 0 Å². The van der Waals surface area contributed by atoms with Gasteiger partial charge < -0.3 is 0 Å². The molecule has 0 heteroatoms. The van der Waals surface area contributed by atoms with Crippen molar-refractivity contribution >= 4 is 5.57 Å². The standard InChI is InChI=1S/C18H16/c1-2-17(18-13-7-4-8-14-18)15-9-12-16-10-5-3-6-11-16/h3-8,10-11,13-15H,2H2,1H3. The molecule has 88 valence electrons. The molecule has 0 saturated heterocycles. The number of allylic oxidation sites excluding steroid dienone is 2. The SMILES string of the molecule is CCC(=CC#Cc1ccccc1)c1ccccc1. The molecular weight excluding hydrogens is 216 g/mol. The van der Waals surface area contributed by atoms with Gasteiger partial charge in [0.05, 0.1) is 0 Å². The first kappa shape index (κ1) is 12.2. The maximum Gasteiger partial charge on any atom is 0.0248 e. The molecule has 2 aromatic carbocycles. The van der Waals surface area contributed by atoms with Crippen LogP contribution in [0.5, 0.6) is 0 Å². The third-order valence-electron chi connectivity index (χ3n) is 2.76. The Morgan fingerprint density at radius 2 is 1.56 bits per heavy atom. The van der Waals surface area contributed by atoms with E-state index in [1.165, 1.54) is 11.1 Å². The van der Waals surface area contributed by atoms with Crippen molar-refractivity contribution in [2.24, 2.45) is 0 Å². The monoisotopic (exact) mass is 232 g/mol. The van der Waals surface area contributed by atoms with Crippen molar-refractivity contribution in [3.8, 4) is 11.8 Å². The van der Waals surface area contributed by atoms with Crippen molar-refractivity contribution in [3.63, 3.8) is 0 Å². The molecule has 0 nitrogen and oxygen atoms in total. The number of hydrogen-bond donors (Lipinski definition) is 0. The van der Waals surface area contributed by atoms with Gasteiger partial charge in [0.15, 0.2) is 0 Å². The summed E-state index contributed by atoms with van der Waals surface area (Å²) >= 11 is 0. The van der Waals surface area contributed by atoms with E-state index >= 15 is 0 Å². The van der Waals surface area contributed by atoms with Gasteiger partial charge in [-0.2, -0.15) is 0 Å². The Morgan fingerprint density at radius 1 is 0.944 bits per heavy atom. The minimum Gasteiger partial charge on any atom is -0.0693 e. The molecule has 0 aromatic heterocycles. The van der Waals surface area contributed by atoms with Crippen LogP contribution in [-0.4, -0.2) is 0 Å². The van der Waals surface area contributed by atoms with Crippen LogP contribution in [-0.2, 0) is 0 Å². The second-order valence-corrected chi connectivity index (χ2v) is 4.02. The van der Waals surface area contributed by atoms with Crippen LogP contribution in [0.15, 0.2) is 66.7 Å². The lowest BCUT2D eigenvalue weighted by atomic mass is 10.0. The van der Waals surface area contributed by atoms with Gasteiger partial charge in [-0.25, -0.2) is 0 Å². The lowest BCUT2D eigenvalue weighted by Crippen LogP contribution is -1.81. The van der Waals surface area contributed by atoms with E-state index in [0.29, 0.717) is 0 Å². The molecule has 0 bridgehead atoms. The fourth-order valence-electron chi connectivity index (χ4n) is 1.77. The number of benzene rings is 2. The van der Waals surface area contributed by atoms with Gasteiger partial charge in [0, 0.05) is 5.56 Å². The molecular formula is C18H16. The Labute approximate surface area is 109 Å². The maximum absolute atomic E-state index is 3.15. The first-order valence-corrected chi connectivity index (χ1v) is 6.21. The van der Waals surface area contributed by atoms with E-state index in [1.807, 2.05) is 42.5 Å². The van der Waals surface area contributed by atoms with Crippen molar-refractivity contribution in [1.29, 1.82) is 0 Å². The third kappa shape index (κ3) is 3.37. The largest absolute Gasteiger partial charge is 0.0693 e. The van der Waals surface area contributed by atoms with Crippen molar-refractivity contribution in [3.05, 3.63) is 77.9 Å². The maximum atomic E-state index is 3.15. The van der Waals surface area contributed by atoms with Crippen LogP contribution in [0.3, 0.4) is 0 Å². The highest BCUT2D eigenvalue weighted by atomic mass is 14.0. The zero-order valence-corrected chi connectivity index (χ0v) is 10.6. The summed E-state index contributed by atoms with van der Waals surface area (Å²) in [5, 5.41) is 0. The Balaban J connectivity index is 2.20. The van der Waals surface area contributed by atoms with Gasteiger partial charge in [-0.05, 0) is 35.8 Å². The summed E-state index contributed by atoms with van der Waals surface area (Å²) in [6, 6.07) is 20.5. The quantitative estimate of drug-likeness (QED) is 0.667. The molecule has 18 heavy (non-hydrogen) atoms. The normalized spacial score (nSPS) is 10.6. The molecule has 0 atom stereocenters. The van der Waals surface area contributed by atoms with Crippen LogP contribution in [0.25, 0.3) is 5.57 Å². The Hall–Kier alpha value is -2.26. The molecule has 0 N–H and O–H groups in total. The van der Waals surface area contributed by atoms with Crippen molar-refractivity contribution in [2.45, 2.75) is 13.3 Å². The second kappa shape index (κ2) is 6.47. The predicted molar refractivity (Wildman–Crippen MR) is 78.0 cm³/mol. The fraction of sp³-hybridized carbons (Fsp3) is 0.111. The van der Waals surface area contributed by atoms with E-state index in [0.717, 1.165) is 12.0 Å². The molecule has 2 rings (SSSR count). The molecule has 0 aliphatic heterocycles. The molecule has 0 amide bonds. The van der Waals surface area contributed by atoms with Gasteiger partial charge >= 0.3 is 0 Å². The van der Waals surface area contributed by atoms with Gasteiger partial charge in [-0.1, -0.05) is 67.3 Å². The Kier molecular flexibility index (Phi) is 4.39. The minimum absolute atomic E-state index is 0.994. The topological polar surface area (TPSA) is 0 Å². The van der Waals surface area contributed by atoms with Gasteiger partial charge in [0.2, 0.25) is 0 Å². The molecule has 0 radical (unpaired) electrons. The zero-order valence-electron chi connectivity index (χ0n) is 10.6. The predicted octanol–water partition coefficient (Wildman–Crippen LogP) is 4.53. The van der Waals surface area contributed by atoms with Gasteiger partial charge in [0.1, 0.15) is 0 Å². The van der Waals surface area contributed by atoms with E-state index < -0.39 is 0 Å². The van der Waals surface area contributed by atoms with Crippen LogP contribution in [0.2, 0.25) is 0 Å². The Bertz CT molecular complexity index is 566. The summed E-state index contributed by atoms with van der Waals surface area (Å²) in [5.74, 6) is 6.29.